The first-order valence-electron chi connectivity index (χ1n) is 39.0. The maximum absolute atomic E-state index is 15.8. The van der Waals surface area contributed by atoms with E-state index in [2.05, 4.69) is 22.9 Å². The molecule has 3 N–H and O–H groups in total. The molecule has 29 heteroatoms. The van der Waals surface area contributed by atoms with Crippen molar-refractivity contribution in [2.24, 2.45) is 41.4 Å². The van der Waals surface area contributed by atoms with Gasteiger partial charge in [0.2, 0.25) is 70.9 Å². The van der Waals surface area contributed by atoms with Crippen LogP contribution in [0.25, 0.3) is 0 Å². The van der Waals surface area contributed by atoms with Gasteiger partial charge in [-0.1, -0.05) is 105 Å². The van der Waals surface area contributed by atoms with E-state index >= 15 is 43.2 Å². The Kier molecular flexibility index (Phi) is 30.0. The third-order valence-electron chi connectivity index (χ3n) is 24.5. The first kappa shape index (κ1) is 84.0. The lowest BCUT2D eigenvalue weighted by Crippen LogP contribution is -2.65. The van der Waals surface area contributed by atoms with E-state index in [1.165, 1.54) is 86.4 Å². The van der Waals surface area contributed by atoms with Crippen molar-refractivity contribution in [2.45, 2.75) is 261 Å². The van der Waals surface area contributed by atoms with Crippen LogP contribution >= 0.6 is 11.6 Å². The summed E-state index contributed by atoms with van der Waals surface area (Å²) in [6, 6.07) is -9.83. The second-order valence-corrected chi connectivity index (χ2v) is 32.9. The van der Waals surface area contributed by atoms with Crippen molar-refractivity contribution >= 4 is 82.5 Å². The van der Waals surface area contributed by atoms with Gasteiger partial charge in [-0.2, -0.15) is 13.2 Å². The first-order chi connectivity index (χ1) is 49.7. The molecule has 0 aromatic rings. The lowest BCUT2D eigenvalue weighted by Gasteiger charge is -2.42. The van der Waals surface area contributed by atoms with Crippen LogP contribution in [-0.2, 0) is 62.3 Å². The fourth-order valence-electron chi connectivity index (χ4n) is 17.6. The largest absolute Gasteiger partial charge is 0.393 e. The summed E-state index contributed by atoms with van der Waals surface area (Å²) >= 11 is 6.44. The number of hydrogen-bond donors (Lipinski definition) is 3. The summed E-state index contributed by atoms with van der Waals surface area (Å²) in [5.41, 5.74) is -1.56. The van der Waals surface area contributed by atoms with Crippen LogP contribution in [0.2, 0.25) is 0 Å². The molecule has 105 heavy (non-hydrogen) atoms. The molecule has 4 heterocycles. The highest BCUT2D eigenvalue weighted by atomic mass is 35.5. The molecule has 590 valence electrons. The SMILES string of the molecule is CC[C@H](C)[C@@H]1NC(=O)[C@H](CC(C)C)N(C)C(=O)C[C@@H](C(=O)N2CCOCC2)N(C)C(=O)[C@H](C2CCCC2)N(C)C(=O)C2(CCCC2)NC(=O)[C@@H]2CCCN2C(=O)[C@H](CCC2CCC(C(F)(F)F)C(Cl)C2)NC(=O)CN(C)C(=O)[C@H](CC2CCC(C)CC2)N2CC/C=C\C[C@@H](C2=O)N(C)C(=O)CN(C)C1=O. The predicted octanol–water partition coefficient (Wildman–Crippen LogP) is 6.28. The van der Waals surface area contributed by atoms with Gasteiger partial charge in [-0.3, -0.25) is 57.5 Å². The molecule has 4 saturated carbocycles. The van der Waals surface area contributed by atoms with Crippen molar-refractivity contribution in [2.75, 3.05) is 94.8 Å². The standard InChI is InChI=1S/C76H120ClF3N12O13/c1-12-49(5)64-72(102)85(7)46-63(95)86(8)57-23-14-13-19-35-92(71(57)101)60(43-51-27-25-48(4)26-28-51)69(99)84(6)45-61(93)81-55(32-30-50-29-31-53(54(77)42-50)76(78,79)80)68(98)91-36-20-24-56(91)67(97)83-75(33-17-18-34-75)74(104)89(11)65(52-21-15-16-22-52)73(103)88(10)59(70(100)90-37-39-105-40-38-90)44-62(94)87(9)58(41-47(2)3)66(96)82-64/h13-14,47-60,64-65H,12,15-46H2,1-11H3,(H,81,93)(H,82,96)(H,83,97)/b14-13-/t48?,49-,50?,51?,53?,54?,55-,56-,57-,58-,59-,60-,64-,65-/m0/s1. The zero-order chi connectivity index (χ0) is 76.9. The number of fused-ring (bicyclic) bond motifs is 3. The van der Waals surface area contributed by atoms with Gasteiger partial charge in [0.05, 0.1) is 38.6 Å². The molecule has 4 aliphatic carbocycles. The van der Waals surface area contributed by atoms with Crippen LogP contribution in [0.15, 0.2) is 12.2 Å². The third kappa shape index (κ3) is 20.8. The Morgan fingerprint density at radius 2 is 1.29 bits per heavy atom. The number of nitrogens with one attached hydrogen (secondary N) is 3. The van der Waals surface area contributed by atoms with E-state index in [4.69, 9.17) is 16.3 Å². The minimum absolute atomic E-state index is 0.00246. The van der Waals surface area contributed by atoms with E-state index in [1.807, 2.05) is 26.8 Å². The number of morpholine rings is 1. The topological polar surface area (TPSA) is 279 Å². The molecule has 12 atom stereocenters. The van der Waals surface area contributed by atoms with Crippen molar-refractivity contribution < 1.29 is 75.4 Å². The Morgan fingerprint density at radius 1 is 0.638 bits per heavy atom. The number of carbonyl (C=O) groups is 12. The van der Waals surface area contributed by atoms with Crippen molar-refractivity contribution in [3.05, 3.63) is 12.2 Å². The van der Waals surface area contributed by atoms with E-state index < -0.39 is 174 Å². The number of nitrogens with zero attached hydrogens (tertiary/aromatic N) is 9. The molecular weight excluding hydrogens is 1380 g/mol. The van der Waals surface area contributed by atoms with E-state index in [9.17, 15) is 27.6 Å². The van der Waals surface area contributed by atoms with Crippen LogP contribution in [0.4, 0.5) is 13.2 Å². The lowest BCUT2D eigenvalue weighted by molar-refractivity contribution is -0.182. The minimum Gasteiger partial charge on any atom is -0.378 e. The number of likely N-dealkylation sites (N-methyl/N-ethyl adjacent to an activating group) is 6. The average Bonchev–Trinajstić information content (AvgIpc) is 1.73. The fraction of sp³-hybridized carbons (Fsp3) is 0.816. The summed E-state index contributed by atoms with van der Waals surface area (Å²) in [5.74, 6) is -10.2. The summed E-state index contributed by atoms with van der Waals surface area (Å²) in [6.45, 7) is 9.26. The van der Waals surface area contributed by atoms with Crippen molar-refractivity contribution in [1.82, 2.24) is 60.0 Å². The highest BCUT2D eigenvalue weighted by molar-refractivity contribution is 6.21. The molecule has 0 aromatic carbocycles. The molecule has 25 nitrogen and oxygen atoms in total. The Morgan fingerprint density at radius 3 is 1.91 bits per heavy atom. The molecule has 8 rings (SSSR count). The summed E-state index contributed by atoms with van der Waals surface area (Å²) in [6.07, 6.45) is 7.61. The van der Waals surface area contributed by atoms with Crippen LogP contribution in [0, 0.1) is 41.4 Å². The van der Waals surface area contributed by atoms with Crippen LogP contribution in [-0.4, -0.2) is 275 Å². The normalized spacial score (nSPS) is 32.0. The van der Waals surface area contributed by atoms with Crippen molar-refractivity contribution in [1.29, 1.82) is 0 Å². The Bertz CT molecular complexity index is 3120. The molecule has 12 amide bonds. The van der Waals surface area contributed by atoms with E-state index in [0.29, 0.717) is 50.9 Å². The zero-order valence-corrected chi connectivity index (χ0v) is 64.8. The van der Waals surface area contributed by atoms with Gasteiger partial charge in [-0.25, -0.2) is 0 Å². The van der Waals surface area contributed by atoms with Crippen LogP contribution in [0.1, 0.15) is 195 Å². The van der Waals surface area contributed by atoms with E-state index in [-0.39, 0.29) is 128 Å². The van der Waals surface area contributed by atoms with Gasteiger partial charge in [-0.05, 0) is 132 Å². The summed E-state index contributed by atoms with van der Waals surface area (Å²) in [7, 11) is 8.71. The molecule has 7 fully saturated rings. The molecule has 1 spiro atoms. The quantitative estimate of drug-likeness (QED) is 0.152. The first-order valence-corrected chi connectivity index (χ1v) is 39.4. The molecule has 3 saturated heterocycles. The number of ether oxygens (including phenoxy) is 1. The van der Waals surface area contributed by atoms with Crippen molar-refractivity contribution in [3.63, 3.8) is 0 Å². The third-order valence-corrected chi connectivity index (χ3v) is 25.0. The van der Waals surface area contributed by atoms with Gasteiger partial charge >= 0.3 is 6.18 Å². The Hall–Kier alpha value is -6.58. The number of rotatable bonds is 11. The highest BCUT2D eigenvalue weighted by Crippen LogP contribution is 2.44. The maximum atomic E-state index is 15.8. The second-order valence-electron chi connectivity index (χ2n) is 32.4. The Labute approximate surface area is 624 Å². The molecule has 0 aromatic heterocycles. The van der Waals surface area contributed by atoms with Gasteiger partial charge in [-0.15, -0.1) is 11.6 Å². The molecule has 4 aliphatic heterocycles. The van der Waals surface area contributed by atoms with Crippen LogP contribution < -0.4 is 16.0 Å². The molecular formula is C76H120ClF3N12O13. The lowest BCUT2D eigenvalue weighted by atomic mass is 9.78. The number of hydrogen-bond acceptors (Lipinski definition) is 13. The van der Waals surface area contributed by atoms with Gasteiger partial charge in [0.25, 0.3) is 0 Å². The molecule has 8 aliphatic rings. The number of carbonyl (C=O) groups excluding carboxylic acids is 12. The van der Waals surface area contributed by atoms with Crippen LogP contribution in [0.3, 0.4) is 0 Å². The molecule has 2 bridgehead atoms. The number of alkyl halides is 4. The zero-order valence-electron chi connectivity index (χ0n) is 64.1. The van der Waals surface area contributed by atoms with E-state index in [1.54, 1.807) is 13.0 Å². The van der Waals surface area contributed by atoms with Gasteiger partial charge in [0.1, 0.15) is 53.9 Å². The van der Waals surface area contributed by atoms with Gasteiger partial charge < -0.3 is 64.8 Å². The van der Waals surface area contributed by atoms with Crippen LogP contribution in [0.5, 0.6) is 0 Å². The van der Waals surface area contributed by atoms with Crippen molar-refractivity contribution in [3.8, 4) is 0 Å². The smallest absolute Gasteiger partial charge is 0.378 e. The number of amides is 12. The van der Waals surface area contributed by atoms with Gasteiger partial charge in [0.15, 0.2) is 0 Å². The summed E-state index contributed by atoms with van der Waals surface area (Å²) < 4.78 is 47.9. The fourth-order valence-corrected chi connectivity index (χ4v) is 18.1. The maximum Gasteiger partial charge on any atom is 0.393 e. The summed E-state index contributed by atoms with van der Waals surface area (Å²) in [4.78, 5) is 194. The highest BCUT2D eigenvalue weighted by Gasteiger charge is 2.53. The monoisotopic (exact) mass is 1500 g/mol. The summed E-state index contributed by atoms with van der Waals surface area (Å²) in [5, 5.41) is 7.69. The second kappa shape index (κ2) is 37.5. The van der Waals surface area contributed by atoms with E-state index in [0.717, 1.165) is 38.5 Å². The molecule has 3 unspecified atom stereocenters. The number of halogens is 4. The minimum atomic E-state index is -4.51. The average molecular weight is 1500 g/mol. The Balaban J connectivity index is 1.18. The molecule has 0 radical (unpaired) electrons. The van der Waals surface area contributed by atoms with Gasteiger partial charge in [0, 0.05) is 73.8 Å². The predicted molar refractivity (Wildman–Crippen MR) is 388 cm³/mol.